The van der Waals surface area contributed by atoms with Gasteiger partial charge in [-0.1, -0.05) is 0 Å². The van der Waals surface area contributed by atoms with Gasteiger partial charge >= 0.3 is 0 Å². The highest BCUT2D eigenvalue weighted by molar-refractivity contribution is 6.03. The number of carbonyl (C=O) groups is 1. The molecule has 0 saturated heterocycles. The zero-order valence-corrected chi connectivity index (χ0v) is 17.1. The van der Waals surface area contributed by atoms with Crippen LogP contribution in [0.2, 0.25) is 0 Å². The Kier molecular flexibility index (Phi) is 6.11. The van der Waals surface area contributed by atoms with Gasteiger partial charge in [-0.05, 0) is 35.9 Å². The number of methoxy groups -OCH3 is 5. The van der Waals surface area contributed by atoms with Gasteiger partial charge in [0.05, 0.1) is 47.3 Å². The standard InChI is InChI=1S/C21H24N2O6/c1-25-17-7-6-13(8-18(17)26-2)15-11-16(23(12-24)22-15)14-9-19(27-3)21(29-5)20(10-14)28-4/h6-10,12,16H,11H2,1-5H3. The molecule has 0 aromatic heterocycles. The molecule has 0 spiro atoms. The van der Waals surface area contributed by atoms with Crippen molar-refractivity contribution in [2.75, 3.05) is 35.5 Å². The molecule has 3 rings (SSSR count). The highest BCUT2D eigenvalue weighted by Gasteiger charge is 2.31. The van der Waals surface area contributed by atoms with Crippen molar-refractivity contribution in [3.8, 4) is 28.7 Å². The summed E-state index contributed by atoms with van der Waals surface area (Å²) in [6, 6.07) is 8.91. The fraction of sp³-hybridized carbons (Fsp3) is 0.333. The molecule has 1 atom stereocenters. The van der Waals surface area contributed by atoms with E-state index in [-0.39, 0.29) is 6.04 Å². The second kappa shape index (κ2) is 8.72. The Hall–Kier alpha value is -3.42. The van der Waals surface area contributed by atoms with Crippen LogP contribution in [0.5, 0.6) is 28.7 Å². The Balaban J connectivity index is 1.97. The Labute approximate surface area is 169 Å². The molecule has 8 nitrogen and oxygen atoms in total. The Bertz CT molecular complexity index is 902. The summed E-state index contributed by atoms with van der Waals surface area (Å²) >= 11 is 0. The zero-order chi connectivity index (χ0) is 21.0. The van der Waals surface area contributed by atoms with Crippen molar-refractivity contribution in [1.29, 1.82) is 0 Å². The van der Waals surface area contributed by atoms with Gasteiger partial charge in [0, 0.05) is 12.0 Å². The average Bonchev–Trinajstić information content (AvgIpc) is 3.21. The Morgan fingerprint density at radius 1 is 0.862 bits per heavy atom. The van der Waals surface area contributed by atoms with Crippen molar-refractivity contribution in [3.63, 3.8) is 0 Å². The third kappa shape index (κ3) is 3.78. The summed E-state index contributed by atoms with van der Waals surface area (Å²) in [7, 11) is 7.82. The van der Waals surface area contributed by atoms with Crippen molar-refractivity contribution in [2.45, 2.75) is 12.5 Å². The van der Waals surface area contributed by atoms with E-state index in [1.807, 2.05) is 30.3 Å². The number of hydrogen-bond acceptors (Lipinski definition) is 7. The number of carbonyl (C=O) groups excluding carboxylic acids is 1. The van der Waals surface area contributed by atoms with Crippen molar-refractivity contribution in [1.82, 2.24) is 5.01 Å². The van der Waals surface area contributed by atoms with E-state index >= 15 is 0 Å². The highest BCUT2D eigenvalue weighted by atomic mass is 16.5. The van der Waals surface area contributed by atoms with Crippen LogP contribution in [0, 0.1) is 0 Å². The molecule has 0 N–H and O–H groups in total. The molecule has 29 heavy (non-hydrogen) atoms. The smallest absolute Gasteiger partial charge is 0.230 e. The van der Waals surface area contributed by atoms with Crippen molar-refractivity contribution in [3.05, 3.63) is 41.5 Å². The minimum absolute atomic E-state index is 0.302. The van der Waals surface area contributed by atoms with Crippen LogP contribution in [0.1, 0.15) is 23.6 Å². The molecule has 8 heteroatoms. The van der Waals surface area contributed by atoms with E-state index in [0.717, 1.165) is 16.8 Å². The van der Waals surface area contributed by atoms with Gasteiger partial charge in [-0.3, -0.25) is 4.79 Å². The van der Waals surface area contributed by atoms with E-state index in [9.17, 15) is 4.79 Å². The molecule has 1 unspecified atom stereocenters. The van der Waals surface area contributed by atoms with E-state index in [2.05, 4.69) is 5.10 Å². The van der Waals surface area contributed by atoms with Crippen molar-refractivity contribution >= 4 is 12.1 Å². The first-order valence-corrected chi connectivity index (χ1v) is 8.93. The third-order valence-corrected chi connectivity index (χ3v) is 4.84. The molecule has 0 fully saturated rings. The lowest BCUT2D eigenvalue weighted by molar-refractivity contribution is -0.119. The molecule has 1 aliphatic rings. The first-order chi connectivity index (χ1) is 14.1. The fourth-order valence-corrected chi connectivity index (χ4v) is 3.38. The van der Waals surface area contributed by atoms with Crippen LogP contribution in [0.4, 0.5) is 0 Å². The summed E-state index contributed by atoms with van der Waals surface area (Å²) in [5.41, 5.74) is 2.44. The van der Waals surface area contributed by atoms with Crippen LogP contribution >= 0.6 is 0 Å². The summed E-state index contributed by atoms with van der Waals surface area (Å²) in [5, 5.41) is 5.89. The fourth-order valence-electron chi connectivity index (χ4n) is 3.38. The monoisotopic (exact) mass is 400 g/mol. The molecule has 1 aliphatic heterocycles. The lowest BCUT2D eigenvalue weighted by Crippen LogP contribution is -2.17. The number of hydrogen-bond donors (Lipinski definition) is 0. The van der Waals surface area contributed by atoms with Gasteiger partial charge in [0.2, 0.25) is 12.2 Å². The summed E-state index contributed by atoms with van der Waals surface area (Å²) in [6.45, 7) is 0. The van der Waals surface area contributed by atoms with E-state index in [4.69, 9.17) is 23.7 Å². The second-order valence-corrected chi connectivity index (χ2v) is 6.28. The number of ether oxygens (including phenoxy) is 5. The van der Waals surface area contributed by atoms with Gasteiger partial charge in [0.15, 0.2) is 23.0 Å². The largest absolute Gasteiger partial charge is 0.493 e. The van der Waals surface area contributed by atoms with Gasteiger partial charge < -0.3 is 23.7 Å². The Morgan fingerprint density at radius 3 is 2.00 bits per heavy atom. The van der Waals surface area contributed by atoms with Gasteiger partial charge in [0.1, 0.15) is 0 Å². The highest BCUT2D eigenvalue weighted by Crippen LogP contribution is 2.43. The molecule has 2 aromatic carbocycles. The quantitative estimate of drug-likeness (QED) is 0.634. The number of amides is 1. The molecule has 0 bridgehead atoms. The molecule has 0 radical (unpaired) electrons. The van der Waals surface area contributed by atoms with Crippen LogP contribution < -0.4 is 23.7 Å². The maximum Gasteiger partial charge on any atom is 0.230 e. The maximum atomic E-state index is 11.7. The molecule has 2 aromatic rings. The zero-order valence-electron chi connectivity index (χ0n) is 17.1. The van der Waals surface area contributed by atoms with Gasteiger partial charge in [0.25, 0.3) is 0 Å². The minimum atomic E-state index is -0.302. The third-order valence-electron chi connectivity index (χ3n) is 4.84. The summed E-state index contributed by atoms with van der Waals surface area (Å²) in [6.07, 6.45) is 1.23. The van der Waals surface area contributed by atoms with E-state index in [1.54, 1.807) is 35.5 Å². The number of hydrazone groups is 1. The molecule has 1 amide bonds. The molecule has 1 heterocycles. The van der Waals surface area contributed by atoms with Crippen LogP contribution in [0.15, 0.2) is 35.4 Å². The van der Waals surface area contributed by atoms with E-state index < -0.39 is 0 Å². The predicted molar refractivity (Wildman–Crippen MR) is 107 cm³/mol. The molecular formula is C21H24N2O6. The first-order valence-electron chi connectivity index (χ1n) is 8.93. The lowest BCUT2D eigenvalue weighted by Gasteiger charge is -2.20. The number of nitrogens with zero attached hydrogens (tertiary/aromatic N) is 2. The summed E-state index contributed by atoms with van der Waals surface area (Å²) in [4.78, 5) is 11.7. The summed E-state index contributed by atoms with van der Waals surface area (Å²) < 4.78 is 26.9. The summed E-state index contributed by atoms with van der Waals surface area (Å²) in [5.74, 6) is 2.76. The average molecular weight is 400 g/mol. The van der Waals surface area contributed by atoms with Crippen LogP contribution in [0.25, 0.3) is 0 Å². The molecule has 0 aliphatic carbocycles. The van der Waals surface area contributed by atoms with Crippen molar-refractivity contribution in [2.24, 2.45) is 5.10 Å². The van der Waals surface area contributed by atoms with Gasteiger partial charge in [-0.25, -0.2) is 5.01 Å². The minimum Gasteiger partial charge on any atom is -0.493 e. The SMILES string of the molecule is COc1ccc(C2=NN(C=O)C(c3cc(OC)c(OC)c(OC)c3)C2)cc1OC. The topological polar surface area (TPSA) is 78.8 Å². The second-order valence-electron chi connectivity index (χ2n) is 6.28. The van der Waals surface area contributed by atoms with Crippen LogP contribution in [-0.2, 0) is 4.79 Å². The predicted octanol–water partition coefficient (Wildman–Crippen LogP) is 3.04. The maximum absolute atomic E-state index is 11.7. The molecular weight excluding hydrogens is 376 g/mol. The van der Waals surface area contributed by atoms with Crippen LogP contribution in [0.3, 0.4) is 0 Å². The molecule has 154 valence electrons. The van der Waals surface area contributed by atoms with E-state index in [1.165, 1.54) is 5.01 Å². The number of rotatable bonds is 8. The van der Waals surface area contributed by atoms with Crippen molar-refractivity contribution < 1.29 is 28.5 Å². The Morgan fingerprint density at radius 2 is 1.48 bits per heavy atom. The van der Waals surface area contributed by atoms with Gasteiger partial charge in [-0.2, -0.15) is 5.10 Å². The number of benzene rings is 2. The van der Waals surface area contributed by atoms with Crippen LogP contribution in [-0.4, -0.2) is 52.7 Å². The van der Waals surface area contributed by atoms with Gasteiger partial charge in [-0.15, -0.1) is 0 Å². The molecule has 0 saturated carbocycles. The first kappa shape index (κ1) is 20.3. The lowest BCUT2D eigenvalue weighted by atomic mass is 9.97. The van der Waals surface area contributed by atoms with E-state index in [0.29, 0.717) is 41.6 Å². The normalized spacial score (nSPS) is 15.6.